The number of nitrogens with two attached hydrogens (primary N) is 1. The molecule has 6 heteroatoms. The fraction of sp³-hybridized carbons (Fsp3) is 0.571. The highest BCUT2D eigenvalue weighted by Crippen LogP contribution is 2.18. The Balaban J connectivity index is 2.09. The van der Waals surface area contributed by atoms with Crippen molar-refractivity contribution >= 4 is 10.0 Å². The van der Waals surface area contributed by atoms with Gasteiger partial charge in [0.15, 0.2) is 0 Å². The first-order chi connectivity index (χ1) is 9.38. The molecule has 112 valence electrons. The van der Waals surface area contributed by atoms with Gasteiger partial charge in [-0.2, -0.15) is 0 Å². The Morgan fingerprint density at radius 2 is 2.00 bits per heavy atom. The van der Waals surface area contributed by atoms with Gasteiger partial charge < -0.3 is 10.5 Å². The Labute approximate surface area is 120 Å². The van der Waals surface area contributed by atoms with Crippen LogP contribution in [0, 0.1) is 0 Å². The fourth-order valence-electron chi connectivity index (χ4n) is 2.34. The average molecular weight is 298 g/mol. The summed E-state index contributed by atoms with van der Waals surface area (Å²) in [7, 11) is -3.47. The van der Waals surface area contributed by atoms with Gasteiger partial charge in [-0.25, -0.2) is 13.1 Å². The summed E-state index contributed by atoms with van der Waals surface area (Å²) in [4.78, 5) is 0.279. The summed E-state index contributed by atoms with van der Waals surface area (Å²) in [5.41, 5.74) is 6.68. The molecule has 20 heavy (non-hydrogen) atoms. The number of ether oxygens (including phenoxy) is 1. The second kappa shape index (κ2) is 6.22. The predicted octanol–water partition coefficient (Wildman–Crippen LogP) is 1.55. The zero-order chi connectivity index (χ0) is 14.8. The van der Waals surface area contributed by atoms with Crippen LogP contribution in [-0.2, 0) is 14.8 Å². The van der Waals surface area contributed by atoms with E-state index in [1.165, 1.54) is 0 Å². The van der Waals surface area contributed by atoms with Crippen LogP contribution in [0.25, 0.3) is 0 Å². The smallest absolute Gasteiger partial charge is 0.240 e. The molecule has 0 bridgehead atoms. The molecule has 1 fully saturated rings. The van der Waals surface area contributed by atoms with Crippen molar-refractivity contribution in [3.05, 3.63) is 29.8 Å². The molecule has 0 amide bonds. The maximum Gasteiger partial charge on any atom is 0.240 e. The average Bonchev–Trinajstić information content (AvgIpc) is 2.38. The van der Waals surface area contributed by atoms with Crippen LogP contribution in [0.5, 0.6) is 0 Å². The van der Waals surface area contributed by atoms with E-state index in [1.807, 2.05) is 13.8 Å². The van der Waals surface area contributed by atoms with Crippen molar-refractivity contribution in [1.82, 2.24) is 4.72 Å². The zero-order valence-corrected chi connectivity index (χ0v) is 12.7. The van der Waals surface area contributed by atoms with Crippen molar-refractivity contribution in [3.63, 3.8) is 0 Å². The lowest BCUT2D eigenvalue weighted by molar-refractivity contribution is 0.0173. The summed E-state index contributed by atoms with van der Waals surface area (Å²) >= 11 is 0. The molecule has 1 heterocycles. The van der Waals surface area contributed by atoms with Gasteiger partial charge in [0.25, 0.3) is 0 Å². The quantitative estimate of drug-likeness (QED) is 0.883. The number of rotatable bonds is 4. The van der Waals surface area contributed by atoms with E-state index in [2.05, 4.69) is 4.72 Å². The summed E-state index contributed by atoms with van der Waals surface area (Å²) in [6.45, 7) is 4.42. The Morgan fingerprint density at radius 1 is 1.35 bits per heavy atom. The van der Waals surface area contributed by atoms with Crippen LogP contribution in [0.4, 0.5) is 0 Å². The van der Waals surface area contributed by atoms with E-state index in [4.69, 9.17) is 10.5 Å². The molecular formula is C14H22N2O3S. The Morgan fingerprint density at radius 3 is 2.55 bits per heavy atom. The maximum atomic E-state index is 12.3. The topological polar surface area (TPSA) is 81.4 Å². The first kappa shape index (κ1) is 15.4. The molecule has 0 saturated carbocycles. The standard InChI is InChI=1S/C14H22N2O3S/c1-10-9-13(7-8-19-10)16-20(17,18)14-5-3-12(4-6-14)11(2)15/h3-6,10-11,13,16H,7-9,15H2,1-2H3. The summed E-state index contributed by atoms with van der Waals surface area (Å²) < 4.78 is 32.8. The summed E-state index contributed by atoms with van der Waals surface area (Å²) in [5.74, 6) is 0. The molecule has 3 N–H and O–H groups in total. The van der Waals surface area contributed by atoms with Gasteiger partial charge in [-0.3, -0.25) is 0 Å². The highest BCUT2D eigenvalue weighted by molar-refractivity contribution is 7.89. The predicted molar refractivity (Wildman–Crippen MR) is 77.8 cm³/mol. The molecule has 3 atom stereocenters. The molecule has 3 unspecified atom stereocenters. The van der Waals surface area contributed by atoms with E-state index in [-0.39, 0.29) is 23.1 Å². The summed E-state index contributed by atoms with van der Waals surface area (Å²) in [5, 5.41) is 0. The lowest BCUT2D eigenvalue weighted by Crippen LogP contribution is -2.41. The van der Waals surface area contributed by atoms with Crippen LogP contribution in [0.1, 0.15) is 38.3 Å². The van der Waals surface area contributed by atoms with Gasteiger partial charge in [0.05, 0.1) is 11.0 Å². The van der Waals surface area contributed by atoms with Gasteiger partial charge in [0.2, 0.25) is 10.0 Å². The first-order valence-electron chi connectivity index (χ1n) is 6.88. The lowest BCUT2D eigenvalue weighted by Gasteiger charge is -2.27. The van der Waals surface area contributed by atoms with Crippen molar-refractivity contribution in [3.8, 4) is 0 Å². The molecule has 0 aromatic heterocycles. The molecule has 2 rings (SSSR count). The van der Waals surface area contributed by atoms with Crippen LogP contribution in [0.15, 0.2) is 29.2 Å². The van der Waals surface area contributed by atoms with E-state index in [9.17, 15) is 8.42 Å². The molecule has 1 aliphatic rings. The summed E-state index contributed by atoms with van der Waals surface area (Å²) in [6, 6.07) is 6.55. The minimum absolute atomic E-state index is 0.0585. The minimum atomic E-state index is -3.47. The largest absolute Gasteiger partial charge is 0.378 e. The van der Waals surface area contributed by atoms with Crippen LogP contribution < -0.4 is 10.5 Å². The molecule has 0 aliphatic carbocycles. The van der Waals surface area contributed by atoms with E-state index in [0.717, 1.165) is 5.56 Å². The monoisotopic (exact) mass is 298 g/mol. The van der Waals surface area contributed by atoms with Gasteiger partial charge in [0.1, 0.15) is 0 Å². The van der Waals surface area contributed by atoms with Gasteiger partial charge in [-0.15, -0.1) is 0 Å². The second-order valence-electron chi connectivity index (χ2n) is 5.38. The second-order valence-corrected chi connectivity index (χ2v) is 7.10. The lowest BCUT2D eigenvalue weighted by atomic mass is 10.1. The van der Waals surface area contributed by atoms with Crippen molar-refractivity contribution in [1.29, 1.82) is 0 Å². The minimum Gasteiger partial charge on any atom is -0.378 e. The Hall–Kier alpha value is -0.950. The van der Waals surface area contributed by atoms with E-state index in [0.29, 0.717) is 19.4 Å². The van der Waals surface area contributed by atoms with Crippen molar-refractivity contribution in [2.24, 2.45) is 5.73 Å². The molecular weight excluding hydrogens is 276 g/mol. The van der Waals surface area contributed by atoms with Crippen LogP contribution >= 0.6 is 0 Å². The number of hydrogen-bond donors (Lipinski definition) is 2. The van der Waals surface area contributed by atoms with Crippen molar-refractivity contribution in [2.45, 2.75) is 49.8 Å². The normalized spacial score (nSPS) is 25.4. The van der Waals surface area contributed by atoms with Gasteiger partial charge in [-0.1, -0.05) is 12.1 Å². The van der Waals surface area contributed by atoms with Crippen molar-refractivity contribution in [2.75, 3.05) is 6.61 Å². The molecule has 1 aromatic carbocycles. The molecule has 1 aliphatic heterocycles. The zero-order valence-electron chi connectivity index (χ0n) is 11.9. The van der Waals surface area contributed by atoms with E-state index >= 15 is 0 Å². The SMILES string of the molecule is CC1CC(NS(=O)(=O)c2ccc(C(C)N)cc2)CCO1. The first-order valence-corrected chi connectivity index (χ1v) is 8.36. The fourth-order valence-corrected chi connectivity index (χ4v) is 3.63. The van der Waals surface area contributed by atoms with E-state index in [1.54, 1.807) is 24.3 Å². The third-order valence-electron chi connectivity index (χ3n) is 3.52. The number of hydrogen-bond acceptors (Lipinski definition) is 4. The van der Waals surface area contributed by atoms with Gasteiger partial charge in [0, 0.05) is 18.7 Å². The third-order valence-corrected chi connectivity index (χ3v) is 5.06. The maximum absolute atomic E-state index is 12.3. The molecule has 0 spiro atoms. The van der Waals surface area contributed by atoms with Crippen LogP contribution in [-0.4, -0.2) is 27.2 Å². The third kappa shape index (κ3) is 3.79. The summed E-state index contributed by atoms with van der Waals surface area (Å²) in [6.07, 6.45) is 1.51. The number of nitrogens with one attached hydrogen (secondary N) is 1. The molecule has 0 radical (unpaired) electrons. The van der Waals surface area contributed by atoms with Crippen LogP contribution in [0.3, 0.4) is 0 Å². The van der Waals surface area contributed by atoms with E-state index < -0.39 is 10.0 Å². The molecule has 1 aromatic rings. The van der Waals surface area contributed by atoms with Crippen molar-refractivity contribution < 1.29 is 13.2 Å². The van der Waals surface area contributed by atoms with Gasteiger partial charge >= 0.3 is 0 Å². The Kier molecular flexibility index (Phi) is 4.80. The molecule has 1 saturated heterocycles. The van der Waals surface area contributed by atoms with Crippen LogP contribution in [0.2, 0.25) is 0 Å². The molecule has 5 nitrogen and oxygen atoms in total. The highest BCUT2D eigenvalue weighted by atomic mass is 32.2. The number of benzene rings is 1. The number of sulfonamides is 1. The van der Waals surface area contributed by atoms with Gasteiger partial charge in [-0.05, 0) is 44.4 Å². The Bertz CT molecular complexity index is 540. The highest BCUT2D eigenvalue weighted by Gasteiger charge is 2.25.